The topological polar surface area (TPSA) is 29.5 Å². The molecule has 1 heterocycles. The van der Waals surface area contributed by atoms with Crippen LogP contribution in [0.4, 0.5) is 5.69 Å². The van der Waals surface area contributed by atoms with Crippen LogP contribution in [-0.4, -0.2) is 18.6 Å². The maximum absolute atomic E-state index is 13.2. The smallest absolute Gasteiger partial charge is 0.259 e. The van der Waals surface area contributed by atoms with Gasteiger partial charge in [-0.25, -0.2) is 0 Å². The molecule has 1 aliphatic heterocycles. The number of ether oxygens (including phenoxy) is 1. The lowest BCUT2D eigenvalue weighted by molar-refractivity contribution is -0.0125. The summed E-state index contributed by atoms with van der Waals surface area (Å²) in [5.74, 6) is 0.104. The average Bonchev–Trinajstić information content (AvgIpc) is 2.98. The van der Waals surface area contributed by atoms with E-state index in [1.54, 1.807) is 7.11 Å². The van der Waals surface area contributed by atoms with Crippen LogP contribution in [0.1, 0.15) is 73.5 Å². The number of amides is 1. The Kier molecular flexibility index (Phi) is 6.01. The monoisotopic (exact) mass is 365 g/mol. The zero-order valence-electron chi connectivity index (χ0n) is 17.0. The maximum atomic E-state index is 13.2. The normalized spacial score (nSPS) is 18.4. The van der Waals surface area contributed by atoms with E-state index in [9.17, 15) is 4.79 Å². The van der Waals surface area contributed by atoms with Gasteiger partial charge in [-0.2, -0.15) is 0 Å². The molecule has 3 rings (SSSR count). The summed E-state index contributed by atoms with van der Waals surface area (Å²) >= 11 is 0. The number of hydrogen-bond acceptors (Lipinski definition) is 2. The SMILES string of the molecule is CCCCC(C)(CCC1c2ccccc2C(=O)N1c1ccc(C)cc1)OC. The van der Waals surface area contributed by atoms with Crippen LogP contribution in [-0.2, 0) is 4.74 Å². The molecule has 0 spiro atoms. The zero-order chi connectivity index (χ0) is 19.4. The predicted octanol–water partition coefficient (Wildman–Crippen LogP) is 6.07. The van der Waals surface area contributed by atoms with Crippen molar-refractivity contribution in [3.05, 3.63) is 65.2 Å². The molecular weight excluding hydrogens is 334 g/mol. The van der Waals surface area contributed by atoms with Gasteiger partial charge in [0.25, 0.3) is 5.91 Å². The Morgan fingerprint density at radius 3 is 2.44 bits per heavy atom. The molecule has 3 nitrogen and oxygen atoms in total. The number of anilines is 1. The third-order valence-electron chi connectivity index (χ3n) is 5.89. The Hall–Kier alpha value is -2.13. The highest BCUT2D eigenvalue weighted by molar-refractivity contribution is 6.11. The number of hydrogen-bond donors (Lipinski definition) is 0. The highest BCUT2D eigenvalue weighted by Gasteiger charge is 2.38. The second kappa shape index (κ2) is 8.26. The van der Waals surface area contributed by atoms with Crippen molar-refractivity contribution in [3.8, 4) is 0 Å². The van der Waals surface area contributed by atoms with E-state index in [0.717, 1.165) is 42.5 Å². The van der Waals surface area contributed by atoms with Crippen LogP contribution >= 0.6 is 0 Å². The van der Waals surface area contributed by atoms with Crippen molar-refractivity contribution >= 4 is 11.6 Å². The largest absolute Gasteiger partial charge is 0.379 e. The van der Waals surface area contributed by atoms with Crippen molar-refractivity contribution in [2.24, 2.45) is 0 Å². The maximum Gasteiger partial charge on any atom is 0.259 e. The number of methoxy groups -OCH3 is 1. The standard InChI is InChI=1S/C24H31NO2/c1-5-6-16-24(3,27-4)17-15-22-20-9-7-8-10-21(20)23(26)25(22)19-13-11-18(2)12-14-19/h7-14,22H,5-6,15-17H2,1-4H3. The summed E-state index contributed by atoms with van der Waals surface area (Å²) in [6.07, 6.45) is 5.20. The molecule has 0 N–H and O–H groups in total. The van der Waals surface area contributed by atoms with Gasteiger partial charge in [0.05, 0.1) is 11.6 Å². The van der Waals surface area contributed by atoms with E-state index in [1.165, 1.54) is 12.0 Å². The number of carbonyl (C=O) groups is 1. The highest BCUT2D eigenvalue weighted by Crippen LogP contribution is 2.41. The summed E-state index contributed by atoms with van der Waals surface area (Å²) in [6, 6.07) is 16.3. The molecular formula is C24H31NO2. The molecule has 0 fully saturated rings. The van der Waals surface area contributed by atoms with Crippen LogP contribution in [0.25, 0.3) is 0 Å². The first kappa shape index (κ1) is 19.6. The fourth-order valence-corrected chi connectivity index (χ4v) is 4.00. The summed E-state index contributed by atoms with van der Waals surface area (Å²) < 4.78 is 5.87. The van der Waals surface area contributed by atoms with Crippen molar-refractivity contribution in [2.45, 2.75) is 64.5 Å². The molecule has 2 aromatic carbocycles. The highest BCUT2D eigenvalue weighted by atomic mass is 16.5. The molecule has 0 saturated heterocycles. The van der Waals surface area contributed by atoms with Crippen LogP contribution in [0.5, 0.6) is 0 Å². The van der Waals surface area contributed by atoms with Crippen molar-refractivity contribution in [2.75, 3.05) is 12.0 Å². The second-order valence-electron chi connectivity index (χ2n) is 7.91. The minimum atomic E-state index is -0.143. The molecule has 2 atom stereocenters. The molecule has 2 aromatic rings. The molecule has 27 heavy (non-hydrogen) atoms. The molecule has 1 aliphatic rings. The van der Waals surface area contributed by atoms with Crippen molar-refractivity contribution < 1.29 is 9.53 Å². The molecule has 0 radical (unpaired) electrons. The molecule has 2 unspecified atom stereocenters. The van der Waals surface area contributed by atoms with E-state index in [4.69, 9.17) is 4.74 Å². The van der Waals surface area contributed by atoms with Crippen LogP contribution in [0, 0.1) is 6.92 Å². The predicted molar refractivity (Wildman–Crippen MR) is 111 cm³/mol. The molecule has 0 aromatic heterocycles. The Bertz CT molecular complexity index is 783. The summed E-state index contributed by atoms with van der Waals surface area (Å²) in [7, 11) is 1.81. The summed E-state index contributed by atoms with van der Waals surface area (Å²) in [4.78, 5) is 15.1. The van der Waals surface area contributed by atoms with Crippen molar-refractivity contribution in [1.82, 2.24) is 0 Å². The molecule has 144 valence electrons. The van der Waals surface area contributed by atoms with Crippen LogP contribution in [0.3, 0.4) is 0 Å². The molecule has 1 amide bonds. The van der Waals surface area contributed by atoms with Crippen molar-refractivity contribution in [1.29, 1.82) is 0 Å². The molecule has 0 bridgehead atoms. The van der Waals surface area contributed by atoms with Gasteiger partial charge in [0.2, 0.25) is 0 Å². The Balaban J connectivity index is 1.89. The number of nitrogens with zero attached hydrogens (tertiary/aromatic N) is 1. The fraction of sp³-hybridized carbons (Fsp3) is 0.458. The van der Waals surface area contributed by atoms with Gasteiger partial charge < -0.3 is 9.64 Å². The van der Waals surface area contributed by atoms with Gasteiger partial charge in [0.1, 0.15) is 0 Å². The number of fused-ring (bicyclic) bond motifs is 1. The first-order valence-corrected chi connectivity index (χ1v) is 10.0. The van der Waals surface area contributed by atoms with Crippen LogP contribution in [0.15, 0.2) is 48.5 Å². The first-order valence-electron chi connectivity index (χ1n) is 10.0. The van der Waals surface area contributed by atoms with Gasteiger partial charge in [0, 0.05) is 18.4 Å². The van der Waals surface area contributed by atoms with E-state index in [1.807, 2.05) is 23.1 Å². The van der Waals surface area contributed by atoms with Crippen molar-refractivity contribution in [3.63, 3.8) is 0 Å². The lowest BCUT2D eigenvalue weighted by Crippen LogP contribution is -2.32. The number of aryl methyl sites for hydroxylation is 1. The third-order valence-corrected chi connectivity index (χ3v) is 5.89. The molecule has 0 aliphatic carbocycles. The number of rotatable bonds is 8. The molecule has 3 heteroatoms. The van der Waals surface area contributed by atoms with Gasteiger partial charge >= 0.3 is 0 Å². The molecule has 0 saturated carbocycles. The first-order chi connectivity index (χ1) is 13.0. The van der Waals surface area contributed by atoms with E-state index in [2.05, 4.69) is 51.1 Å². The average molecular weight is 366 g/mol. The van der Waals surface area contributed by atoms with Crippen LogP contribution < -0.4 is 4.90 Å². The van der Waals surface area contributed by atoms with Crippen LogP contribution in [0.2, 0.25) is 0 Å². The Labute approximate surface area is 163 Å². The van der Waals surface area contributed by atoms with E-state index < -0.39 is 0 Å². The van der Waals surface area contributed by atoms with E-state index in [-0.39, 0.29) is 17.6 Å². The lowest BCUT2D eigenvalue weighted by Gasteiger charge is -2.32. The Morgan fingerprint density at radius 2 is 1.78 bits per heavy atom. The van der Waals surface area contributed by atoms with Gasteiger partial charge in [-0.05, 0) is 56.9 Å². The zero-order valence-corrected chi connectivity index (χ0v) is 17.0. The van der Waals surface area contributed by atoms with Gasteiger partial charge in [-0.3, -0.25) is 4.79 Å². The van der Waals surface area contributed by atoms with Gasteiger partial charge in [0.15, 0.2) is 0 Å². The van der Waals surface area contributed by atoms with E-state index in [0.29, 0.717) is 0 Å². The second-order valence-corrected chi connectivity index (χ2v) is 7.91. The summed E-state index contributed by atoms with van der Waals surface area (Å²) in [6.45, 7) is 6.47. The lowest BCUT2D eigenvalue weighted by atomic mass is 9.89. The summed E-state index contributed by atoms with van der Waals surface area (Å²) in [5, 5.41) is 0. The minimum Gasteiger partial charge on any atom is -0.379 e. The Morgan fingerprint density at radius 1 is 1.07 bits per heavy atom. The summed E-state index contributed by atoms with van der Waals surface area (Å²) in [5.41, 5.74) is 3.99. The third kappa shape index (κ3) is 4.08. The quantitative estimate of drug-likeness (QED) is 0.568. The van der Waals surface area contributed by atoms with Gasteiger partial charge in [-0.1, -0.05) is 55.7 Å². The number of unbranched alkanes of at least 4 members (excludes halogenated alkanes) is 1. The number of benzene rings is 2. The van der Waals surface area contributed by atoms with Gasteiger partial charge in [-0.15, -0.1) is 0 Å². The fourth-order valence-electron chi connectivity index (χ4n) is 4.00. The minimum absolute atomic E-state index is 0.0625. The number of carbonyl (C=O) groups excluding carboxylic acids is 1. The van der Waals surface area contributed by atoms with E-state index >= 15 is 0 Å².